The number of rotatable bonds is 6. The van der Waals surface area contributed by atoms with Crippen LogP contribution in [-0.2, 0) is 14.3 Å². The van der Waals surface area contributed by atoms with Crippen LogP contribution in [0.2, 0.25) is 0 Å². The molecule has 4 fully saturated rings. The average molecular weight is 428 g/mol. The number of carbonyl (C=O) groups is 2. The summed E-state index contributed by atoms with van der Waals surface area (Å²) in [5.74, 6) is -0.337. The van der Waals surface area contributed by atoms with E-state index in [1.54, 1.807) is 0 Å². The minimum Gasteiger partial charge on any atom is -0.457 e. The van der Waals surface area contributed by atoms with Gasteiger partial charge in [0.15, 0.2) is 0 Å². The lowest BCUT2D eigenvalue weighted by Crippen LogP contribution is -2.58. The zero-order valence-corrected chi connectivity index (χ0v) is 18.0. The van der Waals surface area contributed by atoms with E-state index in [4.69, 9.17) is 10.00 Å². The first-order valence-electron chi connectivity index (χ1n) is 11.2. The highest BCUT2D eigenvalue weighted by atomic mass is 19.1. The first-order chi connectivity index (χ1) is 14.9. The Morgan fingerprint density at radius 1 is 1.23 bits per heavy atom. The highest BCUT2D eigenvalue weighted by molar-refractivity contribution is 5.80. The molecule has 1 amide bonds. The third-order valence-corrected chi connectivity index (χ3v) is 7.57. The van der Waals surface area contributed by atoms with Crippen molar-refractivity contribution in [2.24, 2.45) is 5.41 Å². The third kappa shape index (κ3) is 4.31. The van der Waals surface area contributed by atoms with Crippen LogP contribution in [0, 0.1) is 16.7 Å². The zero-order chi connectivity index (χ0) is 22.1. The number of hydrogen-bond donors (Lipinski definition) is 1. The number of likely N-dealkylation sites (tertiary alicyclic amines) is 1. The van der Waals surface area contributed by atoms with Crippen LogP contribution in [0.1, 0.15) is 63.5 Å². The Morgan fingerprint density at radius 2 is 1.87 bits per heavy atom. The van der Waals surface area contributed by atoms with Crippen molar-refractivity contribution in [3.63, 3.8) is 0 Å². The molecular weight excluding hydrogens is 397 g/mol. The molecule has 3 saturated carbocycles. The molecule has 7 heteroatoms. The number of fused-ring (bicyclic) bond motifs is 3. The van der Waals surface area contributed by atoms with Crippen molar-refractivity contribution < 1.29 is 18.7 Å². The Hall–Kier alpha value is -2.46. The summed E-state index contributed by atoms with van der Waals surface area (Å²) >= 11 is 0. The van der Waals surface area contributed by atoms with Crippen molar-refractivity contribution >= 4 is 11.9 Å². The Balaban J connectivity index is 1.31. The fraction of sp³-hybridized carbons (Fsp3) is 0.625. The summed E-state index contributed by atoms with van der Waals surface area (Å²) in [4.78, 5) is 27.0. The van der Waals surface area contributed by atoms with Crippen molar-refractivity contribution in [2.45, 2.75) is 75.7 Å². The monoisotopic (exact) mass is 427 g/mol. The Labute approximate surface area is 182 Å². The van der Waals surface area contributed by atoms with Gasteiger partial charge in [-0.15, -0.1) is 0 Å². The molecule has 1 aromatic carbocycles. The van der Waals surface area contributed by atoms with Gasteiger partial charge in [0.25, 0.3) is 0 Å². The molecule has 166 valence electrons. The van der Waals surface area contributed by atoms with Crippen molar-refractivity contribution in [1.82, 2.24) is 10.2 Å². The predicted octanol–water partition coefficient (Wildman–Crippen LogP) is 3.44. The van der Waals surface area contributed by atoms with Crippen LogP contribution in [0.3, 0.4) is 0 Å². The third-order valence-electron chi connectivity index (χ3n) is 7.57. The molecule has 1 aromatic rings. The van der Waals surface area contributed by atoms with Crippen molar-refractivity contribution in [2.75, 3.05) is 13.1 Å². The van der Waals surface area contributed by atoms with E-state index in [9.17, 15) is 14.0 Å². The maximum atomic E-state index is 13.6. The molecule has 0 radical (unpaired) electrons. The van der Waals surface area contributed by atoms with Gasteiger partial charge in [0, 0.05) is 12.0 Å². The number of carbonyl (C=O) groups excluding carboxylic acids is 2. The highest BCUT2D eigenvalue weighted by Gasteiger charge is 2.53. The molecule has 0 spiro atoms. The summed E-state index contributed by atoms with van der Waals surface area (Å²) in [6.45, 7) is 2.01. The molecule has 2 unspecified atom stereocenters. The second kappa shape index (κ2) is 8.58. The van der Waals surface area contributed by atoms with E-state index >= 15 is 0 Å². The number of esters is 1. The number of amides is 1. The zero-order valence-electron chi connectivity index (χ0n) is 18.0. The fourth-order valence-electron chi connectivity index (χ4n) is 5.38. The van der Waals surface area contributed by atoms with E-state index in [0.717, 1.165) is 44.1 Å². The van der Waals surface area contributed by atoms with Crippen LogP contribution < -0.4 is 5.32 Å². The van der Waals surface area contributed by atoms with Gasteiger partial charge in [-0.25, -0.2) is 4.39 Å². The van der Waals surface area contributed by atoms with E-state index in [-0.39, 0.29) is 43.0 Å². The van der Waals surface area contributed by atoms with Gasteiger partial charge in [-0.2, -0.15) is 5.26 Å². The van der Waals surface area contributed by atoms with E-state index in [2.05, 4.69) is 5.32 Å². The lowest BCUT2D eigenvalue weighted by atomic mass is 9.57. The number of halogens is 1. The molecule has 5 rings (SSSR count). The second-order valence-corrected chi connectivity index (χ2v) is 9.40. The lowest BCUT2D eigenvalue weighted by Gasteiger charge is -2.52. The van der Waals surface area contributed by atoms with Gasteiger partial charge in [0.05, 0.1) is 24.6 Å². The SMILES string of the molecule is C[C@H](OC(=O)C12CCC(NCC(=O)N3CC(F)CC3C#N)(CC1)CC2)c1ccccc1. The topological polar surface area (TPSA) is 82.4 Å². The van der Waals surface area contributed by atoms with E-state index < -0.39 is 17.6 Å². The molecular formula is C24H30FN3O3. The van der Waals surface area contributed by atoms with Gasteiger partial charge in [-0.1, -0.05) is 30.3 Å². The number of nitrogens with zero attached hydrogens (tertiary/aromatic N) is 2. The maximum absolute atomic E-state index is 13.6. The van der Waals surface area contributed by atoms with E-state index in [1.165, 1.54) is 4.90 Å². The molecule has 1 aliphatic heterocycles. The Bertz CT molecular complexity index is 844. The van der Waals surface area contributed by atoms with Gasteiger partial charge in [0.2, 0.25) is 5.91 Å². The van der Waals surface area contributed by atoms with Crippen molar-refractivity contribution in [3.8, 4) is 6.07 Å². The lowest BCUT2D eigenvalue weighted by molar-refractivity contribution is -0.169. The van der Waals surface area contributed by atoms with E-state index in [0.29, 0.717) is 0 Å². The Morgan fingerprint density at radius 3 is 2.48 bits per heavy atom. The molecule has 31 heavy (non-hydrogen) atoms. The number of alkyl halides is 1. The van der Waals surface area contributed by atoms with Gasteiger partial charge in [-0.3, -0.25) is 9.59 Å². The number of nitrogens with one attached hydrogen (secondary N) is 1. The predicted molar refractivity (Wildman–Crippen MR) is 112 cm³/mol. The summed E-state index contributed by atoms with van der Waals surface area (Å²) in [6, 6.07) is 11.1. The van der Waals surface area contributed by atoms with Crippen LogP contribution in [0.25, 0.3) is 0 Å². The smallest absolute Gasteiger partial charge is 0.312 e. The molecule has 1 saturated heterocycles. The first-order valence-corrected chi connectivity index (χ1v) is 11.2. The van der Waals surface area contributed by atoms with Gasteiger partial charge in [-0.05, 0) is 51.0 Å². The number of benzene rings is 1. The summed E-state index contributed by atoms with van der Waals surface area (Å²) in [7, 11) is 0. The number of nitriles is 1. The molecule has 3 atom stereocenters. The van der Waals surface area contributed by atoms with Gasteiger partial charge in [0.1, 0.15) is 18.3 Å². The molecule has 2 bridgehead atoms. The van der Waals surface area contributed by atoms with Crippen LogP contribution in [-0.4, -0.2) is 47.6 Å². The molecule has 1 N–H and O–H groups in total. The summed E-state index contributed by atoms with van der Waals surface area (Å²) < 4.78 is 19.5. The summed E-state index contributed by atoms with van der Waals surface area (Å²) in [5, 5.41) is 12.6. The summed E-state index contributed by atoms with van der Waals surface area (Å²) in [5.41, 5.74) is 0.389. The normalized spacial score (nSPS) is 33.0. The molecule has 1 heterocycles. The van der Waals surface area contributed by atoms with Crippen LogP contribution in [0.15, 0.2) is 30.3 Å². The summed E-state index contributed by atoms with van der Waals surface area (Å²) in [6.07, 6.45) is 3.34. The average Bonchev–Trinajstić information content (AvgIpc) is 3.20. The van der Waals surface area contributed by atoms with Gasteiger partial charge < -0.3 is 15.0 Å². The quantitative estimate of drug-likeness (QED) is 0.704. The molecule has 0 aromatic heterocycles. The minimum absolute atomic E-state index is 0.000288. The van der Waals surface area contributed by atoms with Crippen molar-refractivity contribution in [3.05, 3.63) is 35.9 Å². The highest BCUT2D eigenvalue weighted by Crippen LogP contribution is 2.53. The van der Waals surface area contributed by atoms with Crippen LogP contribution in [0.5, 0.6) is 0 Å². The first kappa shape index (κ1) is 21.8. The molecule has 3 aliphatic carbocycles. The second-order valence-electron chi connectivity index (χ2n) is 9.40. The fourth-order valence-corrected chi connectivity index (χ4v) is 5.38. The van der Waals surface area contributed by atoms with E-state index in [1.807, 2.05) is 43.3 Å². The molecule has 6 nitrogen and oxygen atoms in total. The van der Waals surface area contributed by atoms with Crippen LogP contribution >= 0.6 is 0 Å². The maximum Gasteiger partial charge on any atom is 0.312 e. The minimum atomic E-state index is -1.12. The number of hydrogen-bond acceptors (Lipinski definition) is 5. The van der Waals surface area contributed by atoms with Crippen LogP contribution in [0.4, 0.5) is 4.39 Å². The largest absolute Gasteiger partial charge is 0.457 e. The molecule has 4 aliphatic rings. The number of ether oxygens (including phenoxy) is 1. The van der Waals surface area contributed by atoms with Gasteiger partial charge >= 0.3 is 5.97 Å². The van der Waals surface area contributed by atoms with Crippen molar-refractivity contribution in [1.29, 1.82) is 5.26 Å². The Kier molecular flexibility index (Phi) is 6.02. The standard InChI is InChI=1S/C24H30FN3O3/c1-17(18-5-3-2-4-6-18)31-22(30)23-7-10-24(11-8-23,12-9-23)27-15-21(29)28-16-19(25)13-20(28)14-26/h2-6,17,19-20,27H,7-13,15-16H2,1H3/t17-,19?,20?,23?,24?/m0/s1.